The molecule has 4 heterocycles. The second-order valence-electron chi connectivity index (χ2n) is 8.24. The second-order valence-corrected chi connectivity index (χ2v) is 8.24. The smallest absolute Gasteiger partial charge is 0.228 e. The summed E-state index contributed by atoms with van der Waals surface area (Å²) in [6.45, 7) is -0.425. The first-order valence-electron chi connectivity index (χ1n) is 12.3. The van der Waals surface area contributed by atoms with Gasteiger partial charge in [0, 0.05) is 59.9 Å². The Morgan fingerprint density at radius 2 is 2.00 bits per heavy atom. The lowest BCUT2D eigenvalue weighted by Gasteiger charge is -2.35. The number of fused-ring (bicyclic) bond motifs is 3. The fraction of sp³-hybridized carbons (Fsp3) is 0.333. The summed E-state index contributed by atoms with van der Waals surface area (Å²) in [6.07, 6.45) is 7.24. The summed E-state index contributed by atoms with van der Waals surface area (Å²) in [5.74, 6) is -0.0321. The normalized spacial score (nSPS) is 18.3. The number of nitrogens with zero attached hydrogens (tertiary/aromatic N) is 5. The number of anilines is 4. The summed E-state index contributed by atoms with van der Waals surface area (Å²) in [5, 5.41) is 5.98. The summed E-state index contributed by atoms with van der Waals surface area (Å²) in [4.78, 5) is 45.0. The van der Waals surface area contributed by atoms with Crippen LogP contribution in [0, 0.1) is 5.92 Å². The van der Waals surface area contributed by atoms with E-state index in [-0.39, 0.29) is 29.2 Å². The van der Waals surface area contributed by atoms with Crippen LogP contribution in [0.1, 0.15) is 59.2 Å². The SMILES string of the molecule is [2H]C([2H])([2H])CC(=O)c1cnc(NC(=O)C2CC2)cc1Nc1nccc2c1N(C)[C@H](C)c1nccnc1-2. The predicted molar refractivity (Wildman–Crippen MR) is 126 cm³/mol. The molecule has 1 aliphatic carbocycles. The van der Waals surface area contributed by atoms with Crippen LogP contribution in [0.15, 0.2) is 36.9 Å². The first-order chi connectivity index (χ1) is 17.1. The summed E-state index contributed by atoms with van der Waals surface area (Å²) in [6, 6.07) is 3.30. The Kier molecular flexibility index (Phi) is 4.40. The van der Waals surface area contributed by atoms with Gasteiger partial charge in [-0.05, 0) is 25.8 Å². The van der Waals surface area contributed by atoms with Gasteiger partial charge in [0.2, 0.25) is 5.91 Å². The summed E-state index contributed by atoms with van der Waals surface area (Å²) in [5.41, 5.74) is 3.57. The molecule has 3 aromatic heterocycles. The van der Waals surface area contributed by atoms with E-state index in [2.05, 4.69) is 30.6 Å². The lowest BCUT2D eigenvalue weighted by atomic mass is 9.98. The number of ketones is 1. The van der Waals surface area contributed by atoms with Crippen molar-refractivity contribution in [2.45, 2.75) is 39.1 Å². The van der Waals surface area contributed by atoms with E-state index < -0.39 is 19.1 Å². The molecule has 0 bridgehead atoms. The van der Waals surface area contributed by atoms with Crippen LogP contribution >= 0.6 is 0 Å². The zero-order chi connectivity index (χ0) is 25.6. The highest BCUT2D eigenvalue weighted by molar-refractivity contribution is 6.03. The predicted octanol–water partition coefficient (Wildman–Crippen LogP) is 4.13. The number of amides is 1. The van der Waals surface area contributed by atoms with Crippen LogP contribution in [0.3, 0.4) is 0 Å². The minimum Gasteiger partial charge on any atom is -0.363 e. The van der Waals surface area contributed by atoms with Gasteiger partial charge in [-0.2, -0.15) is 0 Å². The number of nitrogens with one attached hydrogen (secondary N) is 2. The molecule has 0 saturated heterocycles. The average molecular weight is 447 g/mol. The number of hydrogen-bond acceptors (Lipinski definition) is 8. The minimum atomic E-state index is -2.44. The van der Waals surface area contributed by atoms with Crippen molar-refractivity contribution in [3.05, 3.63) is 48.2 Å². The molecule has 5 rings (SSSR count). The molecule has 9 heteroatoms. The number of carbonyl (C=O) groups excluding carboxylic acids is 2. The van der Waals surface area contributed by atoms with Crippen molar-refractivity contribution in [3.63, 3.8) is 0 Å². The highest BCUT2D eigenvalue weighted by Crippen LogP contribution is 2.45. The Bertz CT molecular complexity index is 1360. The van der Waals surface area contributed by atoms with Gasteiger partial charge in [-0.3, -0.25) is 19.6 Å². The van der Waals surface area contributed by atoms with Crippen molar-refractivity contribution in [1.29, 1.82) is 0 Å². The van der Waals surface area contributed by atoms with Crippen LogP contribution in [0.4, 0.5) is 23.0 Å². The van der Waals surface area contributed by atoms with Crippen LogP contribution < -0.4 is 15.5 Å². The van der Waals surface area contributed by atoms with Gasteiger partial charge in [-0.15, -0.1) is 0 Å². The molecule has 0 aromatic carbocycles. The molecule has 3 aromatic rings. The van der Waals surface area contributed by atoms with Crippen molar-refractivity contribution >= 4 is 34.7 Å². The average Bonchev–Trinajstić information content (AvgIpc) is 3.67. The monoisotopic (exact) mass is 446 g/mol. The zero-order valence-corrected chi connectivity index (χ0v) is 18.3. The van der Waals surface area contributed by atoms with Crippen LogP contribution in [0.2, 0.25) is 0 Å². The van der Waals surface area contributed by atoms with Crippen LogP contribution in [0.5, 0.6) is 0 Å². The Hall–Kier alpha value is -3.88. The molecule has 1 aliphatic heterocycles. The Labute approximate surface area is 195 Å². The molecule has 0 radical (unpaired) electrons. The maximum absolute atomic E-state index is 12.9. The topological polar surface area (TPSA) is 113 Å². The maximum atomic E-state index is 12.9. The van der Waals surface area contributed by atoms with Gasteiger partial charge >= 0.3 is 0 Å². The zero-order valence-electron chi connectivity index (χ0n) is 21.3. The Morgan fingerprint density at radius 3 is 2.79 bits per heavy atom. The third kappa shape index (κ3) is 3.79. The van der Waals surface area contributed by atoms with Gasteiger partial charge in [0.1, 0.15) is 5.82 Å². The molecule has 168 valence electrons. The summed E-state index contributed by atoms with van der Waals surface area (Å²) >= 11 is 0. The van der Waals surface area contributed by atoms with Crippen molar-refractivity contribution in [1.82, 2.24) is 19.9 Å². The van der Waals surface area contributed by atoms with Gasteiger partial charge in [0.15, 0.2) is 11.6 Å². The number of carbonyl (C=O) groups is 2. The highest BCUT2D eigenvalue weighted by Gasteiger charge is 2.32. The van der Waals surface area contributed by atoms with Gasteiger partial charge in [0.25, 0.3) is 0 Å². The molecule has 33 heavy (non-hydrogen) atoms. The molecule has 1 atom stereocenters. The van der Waals surface area contributed by atoms with Gasteiger partial charge in [-0.1, -0.05) is 6.85 Å². The number of aromatic nitrogens is 4. The second kappa shape index (κ2) is 8.23. The van der Waals surface area contributed by atoms with Gasteiger partial charge in [-0.25, -0.2) is 9.97 Å². The van der Waals surface area contributed by atoms with E-state index in [1.807, 2.05) is 24.9 Å². The van der Waals surface area contributed by atoms with Crippen molar-refractivity contribution < 1.29 is 13.7 Å². The Morgan fingerprint density at radius 1 is 1.18 bits per heavy atom. The third-order valence-electron chi connectivity index (χ3n) is 6.05. The largest absolute Gasteiger partial charge is 0.363 e. The summed E-state index contributed by atoms with van der Waals surface area (Å²) in [7, 11) is 1.92. The van der Waals surface area contributed by atoms with Crippen molar-refractivity contribution in [2.75, 3.05) is 22.6 Å². The molecule has 0 spiro atoms. The molecule has 1 fully saturated rings. The van der Waals surface area contributed by atoms with E-state index in [0.717, 1.165) is 35.5 Å². The standard InChI is InChI=1S/C24H25N7O2/c1-4-18(32)16-12-28-19(30-24(33)14-5-6-14)11-17(16)29-23-22-15(7-8-27-23)21-20(13(2)31(22)3)25-9-10-26-21/h7-14H,4-6H2,1-3H3,(H2,27,28,29,30,33)/t13-/m1/s1/i1D3. The first kappa shape index (κ1) is 17.6. The van der Waals surface area contributed by atoms with E-state index >= 15 is 0 Å². The molecular formula is C24H25N7O2. The van der Waals surface area contributed by atoms with E-state index in [0.29, 0.717) is 11.5 Å². The molecule has 0 unspecified atom stereocenters. The number of Topliss-reactive ketones (excluding diaryl/α,β-unsaturated/α-hetero) is 1. The summed E-state index contributed by atoms with van der Waals surface area (Å²) < 4.78 is 22.6. The number of pyridine rings is 2. The maximum Gasteiger partial charge on any atom is 0.228 e. The van der Waals surface area contributed by atoms with Crippen molar-refractivity contribution in [2.24, 2.45) is 5.92 Å². The van der Waals surface area contributed by atoms with E-state index in [1.165, 1.54) is 12.3 Å². The lowest BCUT2D eigenvalue weighted by molar-refractivity contribution is -0.117. The quantitative estimate of drug-likeness (QED) is 0.544. The van der Waals surface area contributed by atoms with Gasteiger partial charge in [0.05, 0.1) is 34.4 Å². The Balaban J connectivity index is 1.57. The fourth-order valence-corrected chi connectivity index (χ4v) is 3.98. The molecule has 2 aliphatic rings. The highest BCUT2D eigenvalue weighted by atomic mass is 16.2. The van der Waals surface area contributed by atoms with E-state index in [9.17, 15) is 9.59 Å². The van der Waals surface area contributed by atoms with E-state index in [4.69, 9.17) is 4.11 Å². The van der Waals surface area contributed by atoms with Crippen LogP contribution in [-0.4, -0.2) is 38.7 Å². The van der Waals surface area contributed by atoms with Crippen LogP contribution in [0.25, 0.3) is 11.3 Å². The first-order valence-corrected chi connectivity index (χ1v) is 10.8. The van der Waals surface area contributed by atoms with E-state index in [1.54, 1.807) is 18.6 Å². The third-order valence-corrected chi connectivity index (χ3v) is 6.05. The van der Waals surface area contributed by atoms with Crippen LogP contribution in [-0.2, 0) is 4.79 Å². The fourth-order valence-electron chi connectivity index (χ4n) is 3.98. The molecule has 1 amide bonds. The molecule has 9 nitrogen and oxygen atoms in total. The van der Waals surface area contributed by atoms with Crippen molar-refractivity contribution in [3.8, 4) is 11.3 Å². The minimum absolute atomic E-state index is 0.0285. The number of hydrogen-bond donors (Lipinski definition) is 2. The molecule has 1 saturated carbocycles. The lowest BCUT2D eigenvalue weighted by Crippen LogP contribution is -2.28. The van der Waals surface area contributed by atoms with Gasteiger partial charge < -0.3 is 15.5 Å². The molecule has 2 N–H and O–H groups in total. The molecular weight excluding hydrogens is 418 g/mol. The number of rotatable bonds is 6.